The van der Waals surface area contributed by atoms with E-state index in [0.29, 0.717) is 16.8 Å². The molecular formula is C15H13BrN2O2S. The summed E-state index contributed by atoms with van der Waals surface area (Å²) in [4.78, 5) is 16.4. The van der Waals surface area contributed by atoms with E-state index in [2.05, 4.69) is 32.3 Å². The van der Waals surface area contributed by atoms with Gasteiger partial charge >= 0.3 is 0 Å². The lowest BCUT2D eigenvalue weighted by Crippen LogP contribution is -2.24. The smallest absolute Gasteiger partial charge is 0.254 e. The summed E-state index contributed by atoms with van der Waals surface area (Å²) in [5.41, 5.74) is 1.58. The molecule has 0 saturated carbocycles. The summed E-state index contributed by atoms with van der Waals surface area (Å²) in [5, 5.41) is 3.98. The van der Waals surface area contributed by atoms with Crippen molar-refractivity contribution >= 4 is 43.4 Å². The van der Waals surface area contributed by atoms with E-state index >= 15 is 0 Å². The van der Waals surface area contributed by atoms with Crippen LogP contribution in [0.5, 0.6) is 0 Å². The van der Waals surface area contributed by atoms with E-state index in [1.54, 1.807) is 17.4 Å². The number of furan rings is 1. The fourth-order valence-corrected chi connectivity index (χ4v) is 3.35. The maximum atomic E-state index is 11.8. The number of aromatic nitrogens is 1. The summed E-state index contributed by atoms with van der Waals surface area (Å²) in [7, 11) is 0. The Morgan fingerprint density at radius 2 is 2.24 bits per heavy atom. The third-order valence-corrected chi connectivity index (χ3v) is 4.53. The number of hydrogen-bond acceptors (Lipinski definition) is 4. The van der Waals surface area contributed by atoms with Crippen LogP contribution < -0.4 is 5.32 Å². The van der Waals surface area contributed by atoms with Gasteiger partial charge in [0, 0.05) is 19.0 Å². The molecule has 0 radical (unpaired) electrons. The van der Waals surface area contributed by atoms with E-state index in [1.807, 2.05) is 18.2 Å². The summed E-state index contributed by atoms with van der Waals surface area (Å²) in [6.45, 7) is 0.623. The fraction of sp³-hybridized carbons (Fsp3) is 0.200. The molecule has 0 unspecified atom stereocenters. The number of fused-ring (bicyclic) bond motifs is 1. The molecule has 1 N–H and O–H groups in total. The Kier molecular flexibility index (Phi) is 4.36. The number of nitrogens with one attached hydrogen (secondary N) is 1. The molecule has 4 nitrogen and oxygen atoms in total. The van der Waals surface area contributed by atoms with E-state index in [4.69, 9.17) is 4.42 Å². The lowest BCUT2D eigenvalue weighted by atomic mass is 10.3. The van der Waals surface area contributed by atoms with Crippen LogP contribution >= 0.6 is 27.3 Å². The molecule has 21 heavy (non-hydrogen) atoms. The van der Waals surface area contributed by atoms with Gasteiger partial charge in [0.1, 0.15) is 6.26 Å². The van der Waals surface area contributed by atoms with Gasteiger partial charge in [-0.3, -0.25) is 4.79 Å². The average molecular weight is 365 g/mol. The van der Waals surface area contributed by atoms with Crippen molar-refractivity contribution in [1.29, 1.82) is 0 Å². The molecular weight excluding hydrogens is 352 g/mol. The Morgan fingerprint density at radius 1 is 1.38 bits per heavy atom. The molecule has 0 fully saturated rings. The van der Waals surface area contributed by atoms with Crippen LogP contribution in [0.25, 0.3) is 10.2 Å². The standard InChI is InChI=1S/C15H13BrN2O2S/c16-13-8-10(9-20-13)15(19)17-7-3-6-14-18-11-4-1-2-5-12(11)21-14/h1-2,4-5,8-9H,3,6-7H2,(H,17,19). The minimum Gasteiger partial charge on any atom is -0.457 e. The van der Waals surface area contributed by atoms with Crippen molar-refractivity contribution in [1.82, 2.24) is 10.3 Å². The summed E-state index contributed by atoms with van der Waals surface area (Å²) in [5.74, 6) is -0.117. The number of para-hydroxylation sites is 1. The molecule has 108 valence electrons. The second kappa shape index (κ2) is 6.41. The summed E-state index contributed by atoms with van der Waals surface area (Å²) >= 11 is 4.89. The SMILES string of the molecule is O=C(NCCCc1nc2ccccc2s1)c1coc(Br)c1. The number of carbonyl (C=O) groups excluding carboxylic acids is 1. The van der Waals surface area contributed by atoms with E-state index in [9.17, 15) is 4.79 Å². The van der Waals surface area contributed by atoms with Crippen LogP contribution in [0.1, 0.15) is 21.8 Å². The minimum atomic E-state index is -0.117. The Labute approximate surface area is 134 Å². The minimum absolute atomic E-state index is 0.117. The van der Waals surface area contributed by atoms with Gasteiger partial charge in [0.2, 0.25) is 0 Å². The number of halogens is 1. The molecule has 6 heteroatoms. The van der Waals surface area contributed by atoms with Gasteiger partial charge in [-0.05, 0) is 34.5 Å². The Balaban J connectivity index is 1.49. The van der Waals surface area contributed by atoms with Crippen LogP contribution in [0.2, 0.25) is 0 Å². The van der Waals surface area contributed by atoms with E-state index in [0.717, 1.165) is 23.4 Å². The third-order valence-electron chi connectivity index (χ3n) is 3.02. The zero-order chi connectivity index (χ0) is 14.7. The van der Waals surface area contributed by atoms with Crippen LogP contribution in [0.15, 0.2) is 45.7 Å². The normalized spacial score (nSPS) is 10.9. The number of rotatable bonds is 5. The number of carbonyl (C=O) groups is 1. The van der Waals surface area contributed by atoms with Crippen LogP contribution in [0.4, 0.5) is 0 Å². The topological polar surface area (TPSA) is 55.1 Å². The monoisotopic (exact) mass is 364 g/mol. The van der Waals surface area contributed by atoms with Gasteiger partial charge in [-0.1, -0.05) is 12.1 Å². The lowest BCUT2D eigenvalue weighted by molar-refractivity contribution is 0.0952. The first-order chi connectivity index (χ1) is 10.2. The molecule has 0 aliphatic heterocycles. The van der Waals surface area contributed by atoms with E-state index in [1.165, 1.54) is 11.0 Å². The second-order valence-electron chi connectivity index (χ2n) is 4.57. The highest BCUT2D eigenvalue weighted by Crippen LogP contribution is 2.22. The van der Waals surface area contributed by atoms with Crippen LogP contribution in [0, 0.1) is 0 Å². The van der Waals surface area contributed by atoms with Gasteiger partial charge in [0.15, 0.2) is 4.67 Å². The largest absolute Gasteiger partial charge is 0.457 e. The number of nitrogens with zero attached hydrogens (tertiary/aromatic N) is 1. The number of benzene rings is 1. The van der Waals surface area contributed by atoms with Crippen molar-refractivity contribution in [2.45, 2.75) is 12.8 Å². The van der Waals surface area contributed by atoms with Gasteiger partial charge < -0.3 is 9.73 Å². The summed E-state index contributed by atoms with van der Waals surface area (Å²) < 4.78 is 6.81. The van der Waals surface area contributed by atoms with Gasteiger partial charge in [-0.25, -0.2) is 4.98 Å². The van der Waals surface area contributed by atoms with Gasteiger partial charge in [0.05, 0.1) is 20.8 Å². The van der Waals surface area contributed by atoms with Crippen molar-refractivity contribution in [2.75, 3.05) is 6.54 Å². The highest BCUT2D eigenvalue weighted by Gasteiger charge is 2.08. The molecule has 2 heterocycles. The molecule has 1 amide bonds. The number of amides is 1. The highest BCUT2D eigenvalue weighted by molar-refractivity contribution is 9.10. The van der Waals surface area contributed by atoms with Crippen LogP contribution in [-0.4, -0.2) is 17.4 Å². The molecule has 0 bridgehead atoms. The molecule has 1 aromatic carbocycles. The molecule has 3 aromatic rings. The molecule has 0 saturated heterocycles. The fourth-order valence-electron chi connectivity index (χ4n) is 2.00. The zero-order valence-corrected chi connectivity index (χ0v) is 13.5. The van der Waals surface area contributed by atoms with E-state index < -0.39 is 0 Å². The number of aryl methyl sites for hydroxylation is 1. The summed E-state index contributed by atoms with van der Waals surface area (Å²) in [6.07, 6.45) is 3.17. The van der Waals surface area contributed by atoms with Gasteiger partial charge in [-0.15, -0.1) is 11.3 Å². The molecule has 0 atom stereocenters. The van der Waals surface area contributed by atoms with Crippen LogP contribution in [0.3, 0.4) is 0 Å². The second-order valence-corrected chi connectivity index (χ2v) is 6.47. The maximum absolute atomic E-state index is 11.8. The van der Waals surface area contributed by atoms with Gasteiger partial charge in [-0.2, -0.15) is 0 Å². The number of thiazole rings is 1. The predicted molar refractivity (Wildman–Crippen MR) is 86.7 cm³/mol. The maximum Gasteiger partial charge on any atom is 0.254 e. The Hall–Kier alpha value is -1.66. The molecule has 0 spiro atoms. The Bertz CT molecular complexity index is 733. The summed E-state index contributed by atoms with van der Waals surface area (Å²) in [6, 6.07) is 9.77. The first kappa shape index (κ1) is 14.3. The third kappa shape index (κ3) is 3.51. The van der Waals surface area contributed by atoms with Gasteiger partial charge in [0.25, 0.3) is 5.91 Å². The van der Waals surface area contributed by atoms with E-state index in [-0.39, 0.29) is 5.91 Å². The first-order valence-electron chi connectivity index (χ1n) is 6.59. The van der Waals surface area contributed by atoms with Crippen molar-refractivity contribution < 1.29 is 9.21 Å². The van der Waals surface area contributed by atoms with Crippen molar-refractivity contribution in [2.24, 2.45) is 0 Å². The van der Waals surface area contributed by atoms with Crippen molar-refractivity contribution in [3.05, 3.63) is 51.8 Å². The van der Waals surface area contributed by atoms with Crippen LogP contribution in [-0.2, 0) is 6.42 Å². The highest BCUT2D eigenvalue weighted by atomic mass is 79.9. The molecule has 0 aliphatic carbocycles. The first-order valence-corrected chi connectivity index (χ1v) is 8.20. The molecule has 3 rings (SSSR count). The molecule has 0 aliphatic rings. The Morgan fingerprint density at radius 3 is 3.00 bits per heavy atom. The lowest BCUT2D eigenvalue weighted by Gasteiger charge is -2.01. The van der Waals surface area contributed by atoms with Crippen molar-refractivity contribution in [3.8, 4) is 0 Å². The predicted octanol–water partition coefficient (Wildman–Crippen LogP) is 4.01. The quantitative estimate of drug-likeness (QED) is 0.695. The number of hydrogen-bond donors (Lipinski definition) is 1. The zero-order valence-electron chi connectivity index (χ0n) is 11.1. The average Bonchev–Trinajstić information content (AvgIpc) is 3.09. The van der Waals surface area contributed by atoms with Crippen molar-refractivity contribution in [3.63, 3.8) is 0 Å². The molecule has 2 aromatic heterocycles.